The first-order chi connectivity index (χ1) is 8.56. The van der Waals surface area contributed by atoms with Gasteiger partial charge < -0.3 is 4.74 Å². The molecule has 1 aromatic rings. The molecular formula is C15H22O2Si. The van der Waals surface area contributed by atoms with Crippen LogP contribution in [0.2, 0.25) is 13.1 Å². The molecule has 0 saturated carbocycles. The van der Waals surface area contributed by atoms with Crippen molar-refractivity contribution in [3.05, 3.63) is 42.1 Å². The molecule has 0 N–H and O–H groups in total. The third-order valence-corrected chi connectivity index (χ3v) is 5.92. The van der Waals surface area contributed by atoms with Crippen molar-refractivity contribution in [2.24, 2.45) is 0 Å². The Labute approximate surface area is 111 Å². The highest BCUT2D eigenvalue weighted by Gasteiger charge is 2.18. The highest BCUT2D eigenvalue weighted by molar-refractivity contribution is 6.93. The van der Waals surface area contributed by atoms with Crippen LogP contribution in [-0.4, -0.2) is 21.2 Å². The smallest absolute Gasteiger partial charge is 0.305 e. The quantitative estimate of drug-likeness (QED) is 0.447. The second-order valence-corrected chi connectivity index (χ2v) is 9.31. The van der Waals surface area contributed by atoms with Gasteiger partial charge in [-0.3, -0.25) is 4.79 Å². The van der Waals surface area contributed by atoms with Gasteiger partial charge in [0.15, 0.2) is 0 Å². The Kier molecular flexibility index (Phi) is 5.85. The summed E-state index contributed by atoms with van der Waals surface area (Å²) >= 11 is 0. The Morgan fingerprint density at radius 3 is 2.56 bits per heavy atom. The van der Waals surface area contributed by atoms with E-state index in [1.165, 1.54) is 12.3 Å². The van der Waals surface area contributed by atoms with E-state index in [9.17, 15) is 4.79 Å². The minimum atomic E-state index is -1.46. The van der Waals surface area contributed by atoms with Crippen molar-refractivity contribution in [3.63, 3.8) is 0 Å². The first kappa shape index (κ1) is 14.7. The van der Waals surface area contributed by atoms with Gasteiger partial charge in [-0.05, 0) is 12.8 Å². The molecule has 0 atom stereocenters. The molecule has 0 aromatic heterocycles. The molecule has 0 radical (unpaired) electrons. The van der Waals surface area contributed by atoms with Crippen LogP contribution in [0.15, 0.2) is 42.1 Å². The van der Waals surface area contributed by atoms with Gasteiger partial charge in [0.05, 0.1) is 7.11 Å². The highest BCUT2D eigenvalue weighted by Crippen LogP contribution is 2.07. The molecule has 1 aromatic carbocycles. The summed E-state index contributed by atoms with van der Waals surface area (Å²) < 4.78 is 4.61. The van der Waals surface area contributed by atoms with E-state index in [0.717, 1.165) is 12.8 Å². The van der Waals surface area contributed by atoms with Crippen molar-refractivity contribution < 1.29 is 9.53 Å². The molecule has 0 spiro atoms. The first-order valence-corrected chi connectivity index (χ1v) is 9.44. The molecule has 0 bridgehead atoms. The average Bonchev–Trinajstić information content (AvgIpc) is 2.39. The summed E-state index contributed by atoms with van der Waals surface area (Å²) in [6.45, 7) is 4.66. The summed E-state index contributed by atoms with van der Waals surface area (Å²) in [5.74, 6) is -0.122. The predicted octanol–water partition coefficient (Wildman–Crippen LogP) is 3.04. The van der Waals surface area contributed by atoms with Crippen molar-refractivity contribution in [1.82, 2.24) is 0 Å². The molecule has 3 heteroatoms. The lowest BCUT2D eigenvalue weighted by atomic mass is 10.2. The fourth-order valence-corrected chi connectivity index (χ4v) is 3.81. The van der Waals surface area contributed by atoms with Gasteiger partial charge in [0.25, 0.3) is 0 Å². The Bertz CT molecular complexity index is 396. The summed E-state index contributed by atoms with van der Waals surface area (Å²) in [5, 5.41) is 1.44. The monoisotopic (exact) mass is 262 g/mol. The van der Waals surface area contributed by atoms with Crippen LogP contribution in [0.4, 0.5) is 0 Å². The zero-order chi connectivity index (χ0) is 13.4. The third-order valence-electron chi connectivity index (χ3n) is 3.03. The van der Waals surface area contributed by atoms with E-state index in [1.54, 1.807) is 0 Å². The lowest BCUT2D eigenvalue weighted by Crippen LogP contribution is -2.39. The molecule has 18 heavy (non-hydrogen) atoms. The van der Waals surface area contributed by atoms with Crippen LogP contribution >= 0.6 is 0 Å². The summed E-state index contributed by atoms with van der Waals surface area (Å²) in [6.07, 6.45) is 4.52. The lowest BCUT2D eigenvalue weighted by molar-refractivity contribution is -0.140. The van der Waals surface area contributed by atoms with Crippen LogP contribution in [0.5, 0.6) is 0 Å². The minimum Gasteiger partial charge on any atom is -0.469 e. The van der Waals surface area contributed by atoms with Gasteiger partial charge in [0.1, 0.15) is 8.07 Å². The Morgan fingerprint density at radius 1 is 1.28 bits per heavy atom. The van der Waals surface area contributed by atoms with Crippen LogP contribution in [-0.2, 0) is 9.53 Å². The third kappa shape index (κ3) is 4.88. The Morgan fingerprint density at radius 2 is 1.94 bits per heavy atom. The van der Waals surface area contributed by atoms with Crippen LogP contribution in [0.1, 0.15) is 19.3 Å². The van der Waals surface area contributed by atoms with Gasteiger partial charge in [0.2, 0.25) is 0 Å². The molecule has 98 valence electrons. The van der Waals surface area contributed by atoms with Crippen molar-refractivity contribution in [2.75, 3.05) is 7.11 Å². The number of unbranched alkanes of at least 4 members (excludes halogenated alkanes) is 1. The number of hydrogen-bond donors (Lipinski definition) is 0. The number of hydrogen-bond acceptors (Lipinski definition) is 2. The first-order valence-electron chi connectivity index (χ1n) is 6.36. The van der Waals surface area contributed by atoms with Gasteiger partial charge in [-0.1, -0.05) is 60.4 Å². The van der Waals surface area contributed by atoms with Crippen LogP contribution in [0.3, 0.4) is 0 Å². The maximum atomic E-state index is 11.0. The van der Waals surface area contributed by atoms with E-state index in [-0.39, 0.29) is 5.97 Å². The van der Waals surface area contributed by atoms with Gasteiger partial charge in [0, 0.05) is 6.42 Å². The van der Waals surface area contributed by atoms with Crippen molar-refractivity contribution >= 4 is 19.2 Å². The number of ether oxygens (including phenoxy) is 1. The SMILES string of the molecule is COC(=O)CCC/C=C/[Si](C)(C)c1ccccc1. The second kappa shape index (κ2) is 7.16. The molecule has 0 aliphatic rings. The standard InChI is InChI=1S/C15H22O2Si/c1-17-15(16)12-8-5-9-13-18(2,3)14-10-6-4-7-11-14/h4,6-7,9-11,13H,5,8,12H2,1-3H3/b13-9+. The highest BCUT2D eigenvalue weighted by atomic mass is 28.3. The van der Waals surface area contributed by atoms with E-state index >= 15 is 0 Å². The largest absolute Gasteiger partial charge is 0.469 e. The number of carbonyl (C=O) groups excluding carboxylic acids is 1. The predicted molar refractivity (Wildman–Crippen MR) is 78.6 cm³/mol. The molecule has 0 saturated heterocycles. The zero-order valence-electron chi connectivity index (χ0n) is 11.5. The number of allylic oxidation sites excluding steroid dienone is 1. The molecule has 2 nitrogen and oxygen atoms in total. The fraction of sp³-hybridized carbons (Fsp3) is 0.400. The van der Waals surface area contributed by atoms with Gasteiger partial charge >= 0.3 is 5.97 Å². The minimum absolute atomic E-state index is 0.122. The lowest BCUT2D eigenvalue weighted by Gasteiger charge is -2.18. The van der Waals surface area contributed by atoms with E-state index < -0.39 is 8.07 Å². The maximum Gasteiger partial charge on any atom is 0.305 e. The van der Waals surface area contributed by atoms with Crippen molar-refractivity contribution in [1.29, 1.82) is 0 Å². The van der Waals surface area contributed by atoms with Crippen molar-refractivity contribution in [3.8, 4) is 0 Å². The molecule has 0 aliphatic carbocycles. The summed E-state index contributed by atoms with van der Waals surface area (Å²) in [5.41, 5.74) is 2.35. The van der Waals surface area contributed by atoms with E-state index in [2.05, 4.69) is 53.9 Å². The number of carbonyl (C=O) groups is 1. The van der Waals surface area contributed by atoms with Crippen LogP contribution in [0, 0.1) is 0 Å². The van der Waals surface area contributed by atoms with Gasteiger partial charge in [-0.25, -0.2) is 0 Å². The van der Waals surface area contributed by atoms with Crippen LogP contribution < -0.4 is 5.19 Å². The topological polar surface area (TPSA) is 26.3 Å². The molecule has 1 rings (SSSR count). The summed E-state index contributed by atoms with van der Waals surface area (Å²) in [6, 6.07) is 10.6. The van der Waals surface area contributed by atoms with Crippen LogP contribution in [0.25, 0.3) is 0 Å². The summed E-state index contributed by atoms with van der Waals surface area (Å²) in [4.78, 5) is 11.0. The molecule has 0 unspecified atom stereocenters. The fourth-order valence-electron chi connectivity index (χ4n) is 1.81. The van der Waals surface area contributed by atoms with E-state index in [0.29, 0.717) is 6.42 Å². The van der Waals surface area contributed by atoms with Gasteiger partial charge in [-0.15, -0.1) is 0 Å². The van der Waals surface area contributed by atoms with Gasteiger partial charge in [-0.2, -0.15) is 0 Å². The molecule has 0 fully saturated rings. The van der Waals surface area contributed by atoms with Crippen molar-refractivity contribution in [2.45, 2.75) is 32.4 Å². The Hall–Kier alpha value is -1.35. The number of esters is 1. The zero-order valence-corrected chi connectivity index (χ0v) is 12.5. The maximum absolute atomic E-state index is 11.0. The second-order valence-electron chi connectivity index (χ2n) is 4.96. The normalized spacial score (nSPS) is 11.7. The van der Waals surface area contributed by atoms with E-state index in [4.69, 9.17) is 0 Å². The number of methoxy groups -OCH3 is 1. The molecule has 0 aliphatic heterocycles. The summed E-state index contributed by atoms with van der Waals surface area (Å²) in [7, 11) is -0.0275. The number of rotatable bonds is 6. The average molecular weight is 262 g/mol. The molecular weight excluding hydrogens is 240 g/mol. The molecule has 0 heterocycles. The number of benzene rings is 1. The van der Waals surface area contributed by atoms with E-state index in [1.807, 2.05) is 6.07 Å². The molecule has 0 amide bonds. The Balaban J connectivity index is 2.44.